The first-order valence-corrected chi connectivity index (χ1v) is 6.34. The lowest BCUT2D eigenvalue weighted by molar-refractivity contribution is 0.285. The van der Waals surface area contributed by atoms with Gasteiger partial charge in [0.15, 0.2) is 0 Å². The largest absolute Gasteiger partial charge is 0.466 e. The predicted molar refractivity (Wildman–Crippen MR) is 76.7 cm³/mol. The van der Waals surface area contributed by atoms with E-state index in [0.717, 1.165) is 48.3 Å². The molecule has 0 aliphatic rings. The Labute approximate surface area is 107 Å². The second-order valence-electron chi connectivity index (χ2n) is 4.53. The number of ether oxygens (including phenoxy) is 1. The molecule has 1 nitrogen and oxygen atoms in total. The molecule has 0 heterocycles. The number of hydrogen-bond donors (Lipinski definition) is 0. The fourth-order valence-corrected chi connectivity index (χ4v) is 1.52. The average molecular weight is 234 g/mol. The third kappa shape index (κ3) is 8.56. The molecule has 96 valence electrons. The van der Waals surface area contributed by atoms with Gasteiger partial charge in [-0.2, -0.15) is 0 Å². The molecule has 0 aromatic heterocycles. The summed E-state index contributed by atoms with van der Waals surface area (Å²) >= 11 is 0. The van der Waals surface area contributed by atoms with Gasteiger partial charge in [0.05, 0.1) is 0 Å². The third-order valence-corrected chi connectivity index (χ3v) is 2.08. The highest BCUT2D eigenvalue weighted by molar-refractivity contribution is 5.12. The smallest absolute Gasteiger partial charge is 0.104 e. The van der Waals surface area contributed by atoms with Gasteiger partial charge in [-0.3, -0.25) is 0 Å². The monoisotopic (exact) mass is 234 g/mol. The first-order chi connectivity index (χ1) is 7.99. The van der Waals surface area contributed by atoms with Gasteiger partial charge in [-0.1, -0.05) is 38.2 Å². The van der Waals surface area contributed by atoms with E-state index < -0.39 is 0 Å². The first-order valence-electron chi connectivity index (χ1n) is 6.34. The zero-order valence-electron chi connectivity index (χ0n) is 11.8. The van der Waals surface area contributed by atoms with Crippen molar-refractivity contribution in [3.8, 4) is 0 Å². The SMILES string of the molecule is C=C(C)CC(=CCC)OC(=CCC)CC(=C)C. The van der Waals surface area contributed by atoms with Crippen molar-refractivity contribution in [3.63, 3.8) is 0 Å². The Morgan fingerprint density at radius 2 is 1.24 bits per heavy atom. The molecule has 0 spiro atoms. The van der Waals surface area contributed by atoms with Crippen molar-refractivity contribution in [2.75, 3.05) is 0 Å². The summed E-state index contributed by atoms with van der Waals surface area (Å²) in [6.45, 7) is 16.1. The van der Waals surface area contributed by atoms with E-state index in [0.29, 0.717) is 0 Å². The van der Waals surface area contributed by atoms with Gasteiger partial charge in [-0.15, -0.1) is 0 Å². The van der Waals surface area contributed by atoms with Gasteiger partial charge in [0.1, 0.15) is 11.5 Å². The molecule has 0 bridgehead atoms. The van der Waals surface area contributed by atoms with Crippen molar-refractivity contribution in [2.45, 2.75) is 53.4 Å². The van der Waals surface area contributed by atoms with Gasteiger partial charge in [0.25, 0.3) is 0 Å². The van der Waals surface area contributed by atoms with Crippen LogP contribution in [0, 0.1) is 0 Å². The molecule has 0 aliphatic heterocycles. The van der Waals surface area contributed by atoms with Gasteiger partial charge in [0.2, 0.25) is 0 Å². The Balaban J connectivity index is 4.68. The molecule has 0 radical (unpaired) electrons. The van der Waals surface area contributed by atoms with Crippen LogP contribution in [0.1, 0.15) is 53.4 Å². The first kappa shape index (κ1) is 15.8. The highest BCUT2D eigenvalue weighted by Gasteiger charge is 2.04. The van der Waals surface area contributed by atoms with E-state index in [-0.39, 0.29) is 0 Å². The maximum atomic E-state index is 5.95. The molecule has 1 heteroatoms. The van der Waals surface area contributed by atoms with Crippen molar-refractivity contribution >= 4 is 0 Å². The Kier molecular flexibility index (Phi) is 8.21. The van der Waals surface area contributed by atoms with E-state index in [9.17, 15) is 0 Å². The summed E-state index contributed by atoms with van der Waals surface area (Å²) in [7, 11) is 0. The van der Waals surface area contributed by atoms with E-state index >= 15 is 0 Å². The summed E-state index contributed by atoms with van der Waals surface area (Å²) in [6.07, 6.45) is 7.83. The van der Waals surface area contributed by atoms with Crippen LogP contribution in [0.4, 0.5) is 0 Å². The molecule has 0 saturated carbocycles. The van der Waals surface area contributed by atoms with Crippen LogP contribution in [0.5, 0.6) is 0 Å². The van der Waals surface area contributed by atoms with Crippen LogP contribution in [0.2, 0.25) is 0 Å². The lowest BCUT2D eigenvalue weighted by Gasteiger charge is -2.14. The molecule has 0 fully saturated rings. The zero-order valence-corrected chi connectivity index (χ0v) is 11.8. The summed E-state index contributed by atoms with van der Waals surface area (Å²) in [5.41, 5.74) is 2.24. The molecule has 0 atom stereocenters. The van der Waals surface area contributed by atoms with Gasteiger partial charge < -0.3 is 4.74 Å². The van der Waals surface area contributed by atoms with Crippen LogP contribution >= 0.6 is 0 Å². The minimum absolute atomic E-state index is 0.811. The Bertz CT molecular complexity index is 286. The highest BCUT2D eigenvalue weighted by atomic mass is 16.5. The summed E-state index contributed by atoms with van der Waals surface area (Å²) in [4.78, 5) is 0. The summed E-state index contributed by atoms with van der Waals surface area (Å²) in [6, 6.07) is 0. The second kappa shape index (κ2) is 8.86. The van der Waals surface area contributed by atoms with Crippen LogP contribution in [-0.4, -0.2) is 0 Å². The minimum atomic E-state index is 0.811. The standard InChI is InChI=1S/C16H26O/c1-7-9-15(11-13(3)4)17-16(10-8-2)12-14(5)6/h9-10H,3,5,7-8,11-12H2,1-2,4,6H3. The molecular formula is C16H26O. The number of rotatable bonds is 8. The molecule has 0 unspecified atom stereocenters. The van der Waals surface area contributed by atoms with E-state index in [1.165, 1.54) is 0 Å². The van der Waals surface area contributed by atoms with Crippen molar-refractivity contribution in [1.82, 2.24) is 0 Å². The lowest BCUT2D eigenvalue weighted by atomic mass is 10.1. The van der Waals surface area contributed by atoms with Crippen LogP contribution in [0.25, 0.3) is 0 Å². The molecule has 0 N–H and O–H groups in total. The van der Waals surface area contributed by atoms with Crippen molar-refractivity contribution < 1.29 is 4.74 Å². The van der Waals surface area contributed by atoms with E-state index in [1.807, 2.05) is 13.8 Å². The molecule has 0 amide bonds. The van der Waals surface area contributed by atoms with Crippen LogP contribution in [-0.2, 0) is 4.74 Å². The quantitative estimate of drug-likeness (QED) is 0.396. The fraction of sp³-hybridized carbons (Fsp3) is 0.500. The Morgan fingerprint density at radius 3 is 1.47 bits per heavy atom. The normalized spacial score (nSPS) is 12.5. The van der Waals surface area contributed by atoms with Crippen LogP contribution in [0.3, 0.4) is 0 Å². The third-order valence-electron chi connectivity index (χ3n) is 2.08. The maximum Gasteiger partial charge on any atom is 0.104 e. The maximum absolute atomic E-state index is 5.95. The van der Waals surface area contributed by atoms with E-state index in [4.69, 9.17) is 4.74 Å². The van der Waals surface area contributed by atoms with Crippen LogP contribution in [0.15, 0.2) is 48.0 Å². The number of hydrogen-bond acceptors (Lipinski definition) is 1. The molecule has 0 aliphatic carbocycles. The molecule has 0 saturated heterocycles. The van der Waals surface area contributed by atoms with Crippen molar-refractivity contribution in [3.05, 3.63) is 48.0 Å². The number of allylic oxidation sites excluding steroid dienone is 4. The summed E-state index contributed by atoms with van der Waals surface area (Å²) in [5.74, 6) is 2.00. The minimum Gasteiger partial charge on any atom is -0.466 e. The predicted octanol–water partition coefficient (Wildman–Crippen LogP) is 5.52. The molecule has 0 rings (SSSR count). The van der Waals surface area contributed by atoms with Crippen molar-refractivity contribution in [1.29, 1.82) is 0 Å². The Morgan fingerprint density at radius 1 is 0.882 bits per heavy atom. The zero-order chi connectivity index (χ0) is 13.3. The second-order valence-corrected chi connectivity index (χ2v) is 4.53. The van der Waals surface area contributed by atoms with E-state index in [1.54, 1.807) is 0 Å². The lowest BCUT2D eigenvalue weighted by Crippen LogP contribution is -1.96. The fourth-order valence-electron chi connectivity index (χ4n) is 1.52. The topological polar surface area (TPSA) is 9.23 Å². The summed E-state index contributed by atoms with van der Waals surface area (Å²) in [5, 5.41) is 0. The molecule has 0 aromatic rings. The average Bonchev–Trinajstić information content (AvgIpc) is 2.16. The van der Waals surface area contributed by atoms with Gasteiger partial charge in [-0.05, 0) is 38.8 Å². The van der Waals surface area contributed by atoms with Crippen LogP contribution < -0.4 is 0 Å². The van der Waals surface area contributed by atoms with Crippen molar-refractivity contribution in [2.24, 2.45) is 0 Å². The Hall–Kier alpha value is -1.24. The van der Waals surface area contributed by atoms with Gasteiger partial charge in [0, 0.05) is 12.8 Å². The van der Waals surface area contributed by atoms with Gasteiger partial charge >= 0.3 is 0 Å². The van der Waals surface area contributed by atoms with E-state index in [2.05, 4.69) is 39.2 Å². The molecule has 0 aromatic carbocycles. The molecule has 17 heavy (non-hydrogen) atoms. The molecular weight excluding hydrogens is 208 g/mol. The van der Waals surface area contributed by atoms with Gasteiger partial charge in [-0.25, -0.2) is 0 Å². The highest BCUT2D eigenvalue weighted by Crippen LogP contribution is 2.20. The summed E-state index contributed by atoms with van der Waals surface area (Å²) < 4.78 is 5.95.